The first-order valence-electron chi connectivity index (χ1n) is 10.4. The summed E-state index contributed by atoms with van der Waals surface area (Å²) < 4.78 is 5.08. The summed E-state index contributed by atoms with van der Waals surface area (Å²) in [7, 11) is 0. The highest BCUT2D eigenvalue weighted by molar-refractivity contribution is 5.96. The molecule has 1 aromatic heterocycles. The number of carbonyl (C=O) groups is 2. The first kappa shape index (κ1) is 20.2. The maximum Gasteiger partial charge on any atom is 0.414 e. The molecule has 3 heterocycles. The van der Waals surface area contributed by atoms with Gasteiger partial charge in [0.1, 0.15) is 12.4 Å². The Labute approximate surface area is 177 Å². The molecule has 2 fully saturated rings. The van der Waals surface area contributed by atoms with Gasteiger partial charge in [0.15, 0.2) is 0 Å². The normalized spacial score (nSPS) is 19.3. The van der Waals surface area contributed by atoms with E-state index in [2.05, 4.69) is 24.8 Å². The van der Waals surface area contributed by atoms with Gasteiger partial charge in [0, 0.05) is 43.1 Å². The molecule has 0 aliphatic carbocycles. The van der Waals surface area contributed by atoms with E-state index in [1.54, 1.807) is 17.0 Å². The standard InChI is InChI=1S/C23H28N4O3/c1-15-13-16(2)21(24-18(15)4)25-9-11-26(12-10-25)22(28)19-5-7-20(8-6-19)27-17(3)14-30-23(27)29/h5-8,13,17H,9-12,14H2,1-4H3/t17-/m1/s1. The summed E-state index contributed by atoms with van der Waals surface area (Å²) in [6.07, 6.45) is -0.340. The zero-order valence-electron chi connectivity index (χ0n) is 18.0. The highest BCUT2D eigenvalue weighted by Gasteiger charge is 2.31. The number of anilines is 2. The number of aryl methyl sites for hydroxylation is 3. The molecule has 0 N–H and O–H groups in total. The van der Waals surface area contributed by atoms with Crippen LogP contribution in [0.5, 0.6) is 0 Å². The van der Waals surface area contributed by atoms with Crippen molar-refractivity contribution in [3.63, 3.8) is 0 Å². The molecule has 2 aliphatic rings. The van der Waals surface area contributed by atoms with Gasteiger partial charge < -0.3 is 14.5 Å². The van der Waals surface area contributed by atoms with E-state index < -0.39 is 0 Å². The Hall–Kier alpha value is -3.09. The molecule has 2 aliphatic heterocycles. The SMILES string of the molecule is Cc1cc(C)c(N2CCN(C(=O)c3ccc(N4C(=O)OC[C@H]4C)cc3)CC2)nc1C. The van der Waals surface area contributed by atoms with Crippen LogP contribution in [0.15, 0.2) is 30.3 Å². The van der Waals surface area contributed by atoms with Gasteiger partial charge in [-0.2, -0.15) is 0 Å². The molecule has 0 unspecified atom stereocenters. The highest BCUT2D eigenvalue weighted by atomic mass is 16.6. The van der Waals surface area contributed by atoms with Crippen molar-refractivity contribution in [3.8, 4) is 0 Å². The Morgan fingerprint density at radius 2 is 1.70 bits per heavy atom. The third kappa shape index (κ3) is 3.72. The van der Waals surface area contributed by atoms with E-state index in [1.165, 1.54) is 11.1 Å². The number of cyclic esters (lactones) is 1. The summed E-state index contributed by atoms with van der Waals surface area (Å²) in [6.45, 7) is 11.4. The van der Waals surface area contributed by atoms with Gasteiger partial charge in [0.2, 0.25) is 0 Å². The van der Waals surface area contributed by atoms with Crippen LogP contribution in [0.25, 0.3) is 0 Å². The number of carbonyl (C=O) groups excluding carboxylic acids is 2. The van der Waals surface area contributed by atoms with Crippen LogP contribution in [0.4, 0.5) is 16.3 Å². The van der Waals surface area contributed by atoms with Crippen molar-refractivity contribution >= 4 is 23.5 Å². The van der Waals surface area contributed by atoms with E-state index in [4.69, 9.17) is 9.72 Å². The zero-order valence-corrected chi connectivity index (χ0v) is 18.0. The lowest BCUT2D eigenvalue weighted by atomic mass is 10.1. The van der Waals surface area contributed by atoms with Crippen LogP contribution < -0.4 is 9.80 Å². The van der Waals surface area contributed by atoms with Crippen molar-refractivity contribution in [2.75, 3.05) is 42.6 Å². The Bertz CT molecular complexity index is 965. The minimum absolute atomic E-state index is 0.00499. The van der Waals surface area contributed by atoms with Gasteiger partial charge in [-0.25, -0.2) is 9.78 Å². The molecule has 2 saturated heterocycles. The van der Waals surface area contributed by atoms with Gasteiger partial charge in [-0.1, -0.05) is 6.07 Å². The summed E-state index contributed by atoms with van der Waals surface area (Å²) in [5, 5.41) is 0. The van der Waals surface area contributed by atoms with E-state index in [1.807, 2.05) is 30.9 Å². The molecule has 0 saturated carbocycles. The number of benzene rings is 1. The molecule has 1 aromatic carbocycles. The maximum atomic E-state index is 13.0. The van der Waals surface area contributed by atoms with Gasteiger partial charge in [-0.15, -0.1) is 0 Å². The molecule has 158 valence electrons. The van der Waals surface area contributed by atoms with Gasteiger partial charge >= 0.3 is 6.09 Å². The van der Waals surface area contributed by atoms with E-state index >= 15 is 0 Å². The molecule has 0 bridgehead atoms. The van der Waals surface area contributed by atoms with Gasteiger partial charge in [-0.05, 0) is 63.1 Å². The molecular weight excluding hydrogens is 380 g/mol. The number of pyridine rings is 1. The first-order chi connectivity index (χ1) is 14.3. The van der Waals surface area contributed by atoms with E-state index in [-0.39, 0.29) is 18.0 Å². The predicted molar refractivity (Wildman–Crippen MR) is 116 cm³/mol. The Morgan fingerprint density at radius 1 is 1.03 bits per heavy atom. The number of hydrogen-bond donors (Lipinski definition) is 0. The third-order valence-electron chi connectivity index (χ3n) is 5.97. The van der Waals surface area contributed by atoms with Crippen LogP contribution in [0, 0.1) is 20.8 Å². The lowest BCUT2D eigenvalue weighted by Gasteiger charge is -2.36. The summed E-state index contributed by atoms with van der Waals surface area (Å²) in [4.78, 5) is 35.4. The predicted octanol–water partition coefficient (Wildman–Crippen LogP) is 3.31. The minimum Gasteiger partial charge on any atom is -0.447 e. The number of nitrogens with zero attached hydrogens (tertiary/aromatic N) is 4. The van der Waals surface area contributed by atoms with Crippen molar-refractivity contribution in [2.45, 2.75) is 33.7 Å². The van der Waals surface area contributed by atoms with Gasteiger partial charge in [0.25, 0.3) is 5.91 Å². The largest absolute Gasteiger partial charge is 0.447 e. The van der Waals surface area contributed by atoms with Gasteiger partial charge in [-0.3, -0.25) is 9.69 Å². The molecule has 4 rings (SSSR count). The Morgan fingerprint density at radius 3 is 2.30 bits per heavy atom. The average Bonchev–Trinajstić information content (AvgIpc) is 3.08. The molecule has 7 heteroatoms. The second kappa shape index (κ2) is 7.97. The van der Waals surface area contributed by atoms with Crippen LogP contribution in [-0.2, 0) is 4.74 Å². The van der Waals surface area contributed by atoms with Crippen molar-refractivity contribution in [3.05, 3.63) is 52.7 Å². The topological polar surface area (TPSA) is 66.0 Å². The summed E-state index contributed by atoms with van der Waals surface area (Å²) in [6, 6.07) is 9.38. The maximum absolute atomic E-state index is 13.0. The second-order valence-electron chi connectivity index (χ2n) is 8.15. The lowest BCUT2D eigenvalue weighted by Crippen LogP contribution is -2.49. The smallest absolute Gasteiger partial charge is 0.414 e. The fourth-order valence-corrected chi connectivity index (χ4v) is 4.09. The molecule has 30 heavy (non-hydrogen) atoms. The van der Waals surface area contributed by atoms with Crippen LogP contribution in [-0.4, -0.2) is 60.7 Å². The Kier molecular flexibility index (Phi) is 5.37. The summed E-state index contributed by atoms with van der Waals surface area (Å²) >= 11 is 0. The van der Waals surface area contributed by atoms with Crippen LogP contribution in [0.1, 0.15) is 34.1 Å². The third-order valence-corrected chi connectivity index (χ3v) is 5.97. The number of amides is 2. The fraction of sp³-hybridized carbons (Fsp3) is 0.435. The number of rotatable bonds is 3. The van der Waals surface area contributed by atoms with E-state index in [0.29, 0.717) is 25.3 Å². The van der Waals surface area contributed by atoms with Gasteiger partial charge in [0.05, 0.1) is 6.04 Å². The molecule has 1 atom stereocenters. The lowest BCUT2D eigenvalue weighted by molar-refractivity contribution is 0.0746. The van der Waals surface area contributed by atoms with Crippen molar-refractivity contribution < 1.29 is 14.3 Å². The average molecular weight is 409 g/mol. The van der Waals surface area contributed by atoms with Crippen LogP contribution >= 0.6 is 0 Å². The Balaban J connectivity index is 1.41. The first-order valence-corrected chi connectivity index (χ1v) is 10.4. The molecule has 2 amide bonds. The fourth-order valence-electron chi connectivity index (χ4n) is 4.09. The molecule has 7 nitrogen and oxygen atoms in total. The van der Waals surface area contributed by atoms with E-state index in [0.717, 1.165) is 30.3 Å². The quantitative estimate of drug-likeness (QED) is 0.780. The summed E-state index contributed by atoms with van der Waals surface area (Å²) in [5.41, 5.74) is 4.80. The summed E-state index contributed by atoms with van der Waals surface area (Å²) in [5.74, 6) is 1.03. The molecule has 0 radical (unpaired) electrons. The van der Waals surface area contributed by atoms with E-state index in [9.17, 15) is 9.59 Å². The monoisotopic (exact) mass is 408 g/mol. The number of piperazine rings is 1. The zero-order chi connectivity index (χ0) is 21.4. The minimum atomic E-state index is -0.340. The van der Waals surface area contributed by atoms with Crippen molar-refractivity contribution in [2.24, 2.45) is 0 Å². The van der Waals surface area contributed by atoms with Crippen LogP contribution in [0.3, 0.4) is 0 Å². The van der Waals surface area contributed by atoms with Crippen molar-refractivity contribution in [1.82, 2.24) is 9.88 Å². The highest BCUT2D eigenvalue weighted by Crippen LogP contribution is 2.25. The number of aromatic nitrogens is 1. The second-order valence-corrected chi connectivity index (χ2v) is 8.15. The molecular formula is C23H28N4O3. The molecule has 0 spiro atoms. The van der Waals surface area contributed by atoms with Crippen LogP contribution in [0.2, 0.25) is 0 Å². The van der Waals surface area contributed by atoms with Crippen molar-refractivity contribution in [1.29, 1.82) is 0 Å². The number of hydrogen-bond acceptors (Lipinski definition) is 5. The number of ether oxygens (including phenoxy) is 1. The molecule has 2 aromatic rings.